The van der Waals surface area contributed by atoms with Crippen molar-refractivity contribution in [3.8, 4) is 0 Å². The van der Waals surface area contributed by atoms with E-state index in [0.29, 0.717) is 12.4 Å². The van der Waals surface area contributed by atoms with Gasteiger partial charge >= 0.3 is 0 Å². The van der Waals surface area contributed by atoms with Crippen LogP contribution in [0.5, 0.6) is 0 Å². The van der Waals surface area contributed by atoms with Crippen LogP contribution in [0.3, 0.4) is 0 Å². The molecule has 0 bridgehead atoms. The third-order valence-electron chi connectivity index (χ3n) is 3.00. The maximum atomic E-state index is 12.3. The van der Waals surface area contributed by atoms with E-state index >= 15 is 0 Å². The van der Waals surface area contributed by atoms with E-state index in [1.165, 1.54) is 0 Å². The van der Waals surface area contributed by atoms with Crippen LogP contribution in [0.1, 0.15) is 26.3 Å². The van der Waals surface area contributed by atoms with Crippen LogP contribution in [-0.4, -0.2) is 9.55 Å². The van der Waals surface area contributed by atoms with Gasteiger partial charge in [0.2, 0.25) is 0 Å². The second kappa shape index (κ2) is 5.36. The summed E-state index contributed by atoms with van der Waals surface area (Å²) in [6, 6.07) is 7.52. The zero-order chi connectivity index (χ0) is 14.8. The normalized spacial score (nSPS) is 11.3. The first-order valence-electron chi connectivity index (χ1n) is 6.54. The second-order valence-electron chi connectivity index (χ2n) is 5.72. The van der Waals surface area contributed by atoms with Crippen molar-refractivity contribution in [1.29, 1.82) is 0 Å². The Kier molecular flexibility index (Phi) is 3.79. The number of anilines is 2. The van der Waals surface area contributed by atoms with Crippen molar-refractivity contribution < 1.29 is 0 Å². The van der Waals surface area contributed by atoms with Gasteiger partial charge in [-0.15, -0.1) is 0 Å². The number of benzene rings is 1. The quantitative estimate of drug-likeness (QED) is 0.840. The largest absolute Gasteiger partial charge is 0.399 e. The highest BCUT2D eigenvalue weighted by molar-refractivity contribution is 5.41. The molecule has 0 unspecified atom stereocenters. The molecule has 0 aliphatic heterocycles. The van der Waals surface area contributed by atoms with Gasteiger partial charge in [0.25, 0.3) is 5.56 Å². The number of aromatic nitrogens is 2. The summed E-state index contributed by atoms with van der Waals surface area (Å²) in [6.45, 7) is 6.49. The van der Waals surface area contributed by atoms with Crippen LogP contribution in [0.4, 0.5) is 11.5 Å². The molecule has 106 valence electrons. The zero-order valence-corrected chi connectivity index (χ0v) is 12.1. The lowest BCUT2D eigenvalue weighted by molar-refractivity contribution is 0.383. The van der Waals surface area contributed by atoms with Gasteiger partial charge in [-0.25, -0.2) is 4.98 Å². The van der Waals surface area contributed by atoms with Gasteiger partial charge in [0.15, 0.2) is 5.82 Å². The number of nitrogens with zero attached hydrogens (tertiary/aromatic N) is 2. The average Bonchev–Trinajstić information content (AvgIpc) is 2.38. The van der Waals surface area contributed by atoms with Gasteiger partial charge in [-0.05, 0) is 38.5 Å². The topological polar surface area (TPSA) is 72.9 Å². The summed E-state index contributed by atoms with van der Waals surface area (Å²) in [4.78, 5) is 16.4. The Balaban J connectivity index is 2.18. The predicted molar refractivity (Wildman–Crippen MR) is 81.7 cm³/mol. The molecular weight excluding hydrogens is 252 g/mol. The molecule has 0 amide bonds. The van der Waals surface area contributed by atoms with Gasteiger partial charge in [0, 0.05) is 30.2 Å². The SMILES string of the molecule is CC(C)(C)n1ccnc(NCc2ccc(N)cc2)c1=O. The van der Waals surface area contributed by atoms with Gasteiger partial charge < -0.3 is 15.6 Å². The fourth-order valence-corrected chi connectivity index (χ4v) is 1.88. The molecule has 0 fully saturated rings. The highest BCUT2D eigenvalue weighted by Crippen LogP contribution is 2.11. The number of rotatable bonds is 3. The van der Waals surface area contributed by atoms with Crippen molar-refractivity contribution in [1.82, 2.24) is 9.55 Å². The summed E-state index contributed by atoms with van der Waals surface area (Å²) in [5.41, 5.74) is 7.03. The Morgan fingerprint density at radius 1 is 1.25 bits per heavy atom. The predicted octanol–water partition coefficient (Wildman–Crippen LogP) is 2.19. The first-order valence-corrected chi connectivity index (χ1v) is 6.54. The summed E-state index contributed by atoms with van der Waals surface area (Å²) in [5.74, 6) is 0.360. The molecule has 2 aromatic rings. The van der Waals surface area contributed by atoms with Crippen molar-refractivity contribution >= 4 is 11.5 Å². The molecule has 1 heterocycles. The first-order chi connectivity index (χ1) is 9.38. The molecule has 3 N–H and O–H groups in total. The monoisotopic (exact) mass is 272 g/mol. The summed E-state index contributed by atoms with van der Waals surface area (Å²) < 4.78 is 1.67. The van der Waals surface area contributed by atoms with Crippen LogP contribution < -0.4 is 16.6 Å². The third-order valence-corrected chi connectivity index (χ3v) is 3.00. The van der Waals surface area contributed by atoms with E-state index in [1.807, 2.05) is 45.0 Å². The van der Waals surface area contributed by atoms with E-state index in [4.69, 9.17) is 5.73 Å². The summed E-state index contributed by atoms with van der Waals surface area (Å²) in [5, 5.41) is 3.08. The van der Waals surface area contributed by atoms with E-state index < -0.39 is 0 Å². The van der Waals surface area contributed by atoms with Crippen molar-refractivity contribution in [3.05, 3.63) is 52.6 Å². The minimum absolute atomic E-state index is 0.115. The minimum atomic E-state index is -0.266. The number of hydrogen-bond acceptors (Lipinski definition) is 4. The Morgan fingerprint density at radius 3 is 2.50 bits per heavy atom. The van der Waals surface area contributed by atoms with Crippen LogP contribution in [0, 0.1) is 0 Å². The van der Waals surface area contributed by atoms with Crippen LogP contribution in [0.25, 0.3) is 0 Å². The van der Waals surface area contributed by atoms with E-state index in [-0.39, 0.29) is 11.1 Å². The van der Waals surface area contributed by atoms with Crippen LogP contribution in [0.15, 0.2) is 41.5 Å². The van der Waals surface area contributed by atoms with Gasteiger partial charge in [-0.2, -0.15) is 0 Å². The Hall–Kier alpha value is -2.30. The van der Waals surface area contributed by atoms with E-state index in [1.54, 1.807) is 17.0 Å². The third kappa shape index (κ3) is 3.17. The van der Waals surface area contributed by atoms with Gasteiger partial charge in [-0.3, -0.25) is 4.79 Å². The molecule has 0 saturated heterocycles. The van der Waals surface area contributed by atoms with Crippen molar-refractivity contribution in [2.24, 2.45) is 0 Å². The number of nitrogen functional groups attached to an aromatic ring is 1. The molecule has 1 aromatic heterocycles. The molecule has 0 spiro atoms. The van der Waals surface area contributed by atoms with Gasteiger partial charge in [0.1, 0.15) is 0 Å². The molecule has 0 atom stereocenters. The molecule has 0 aliphatic carbocycles. The van der Waals surface area contributed by atoms with E-state index in [2.05, 4.69) is 10.3 Å². The van der Waals surface area contributed by atoms with Crippen molar-refractivity contribution in [2.75, 3.05) is 11.1 Å². The standard InChI is InChI=1S/C15H20N4O/c1-15(2,3)19-9-8-17-13(14(19)20)18-10-11-4-6-12(16)7-5-11/h4-9H,10,16H2,1-3H3,(H,17,18). The van der Waals surface area contributed by atoms with Crippen molar-refractivity contribution in [3.63, 3.8) is 0 Å². The molecular formula is C15H20N4O. The lowest BCUT2D eigenvalue weighted by Gasteiger charge is -2.22. The Morgan fingerprint density at radius 2 is 1.90 bits per heavy atom. The maximum absolute atomic E-state index is 12.3. The molecule has 5 heteroatoms. The van der Waals surface area contributed by atoms with Crippen LogP contribution in [-0.2, 0) is 12.1 Å². The van der Waals surface area contributed by atoms with E-state index in [0.717, 1.165) is 11.3 Å². The van der Waals surface area contributed by atoms with Crippen molar-refractivity contribution in [2.45, 2.75) is 32.9 Å². The highest BCUT2D eigenvalue weighted by Gasteiger charge is 2.16. The summed E-state index contributed by atoms with van der Waals surface area (Å²) >= 11 is 0. The number of hydrogen-bond donors (Lipinski definition) is 2. The minimum Gasteiger partial charge on any atom is -0.399 e. The van der Waals surface area contributed by atoms with E-state index in [9.17, 15) is 4.79 Å². The average molecular weight is 272 g/mol. The maximum Gasteiger partial charge on any atom is 0.293 e. The van der Waals surface area contributed by atoms with Gasteiger partial charge in [0.05, 0.1) is 0 Å². The zero-order valence-electron chi connectivity index (χ0n) is 12.1. The molecule has 5 nitrogen and oxygen atoms in total. The lowest BCUT2D eigenvalue weighted by Crippen LogP contribution is -2.35. The van der Waals surface area contributed by atoms with Crippen LogP contribution in [0.2, 0.25) is 0 Å². The fourth-order valence-electron chi connectivity index (χ4n) is 1.88. The Bertz CT molecular complexity index is 638. The smallest absolute Gasteiger partial charge is 0.293 e. The van der Waals surface area contributed by atoms with Gasteiger partial charge in [-0.1, -0.05) is 12.1 Å². The first kappa shape index (κ1) is 14.1. The molecule has 20 heavy (non-hydrogen) atoms. The lowest BCUT2D eigenvalue weighted by atomic mass is 10.1. The molecule has 0 radical (unpaired) electrons. The molecule has 1 aromatic carbocycles. The second-order valence-corrected chi connectivity index (χ2v) is 5.72. The summed E-state index contributed by atoms with van der Waals surface area (Å²) in [6.07, 6.45) is 3.34. The summed E-state index contributed by atoms with van der Waals surface area (Å²) in [7, 11) is 0. The molecule has 2 rings (SSSR count). The number of nitrogens with one attached hydrogen (secondary N) is 1. The molecule has 0 saturated carbocycles. The van der Waals surface area contributed by atoms with Crippen LogP contribution >= 0.6 is 0 Å². The highest BCUT2D eigenvalue weighted by atomic mass is 16.1. The molecule has 0 aliphatic rings. The Labute approximate surface area is 118 Å². The fraction of sp³-hybridized carbons (Fsp3) is 0.333. The number of nitrogens with two attached hydrogens (primary N) is 1.